The van der Waals surface area contributed by atoms with Gasteiger partial charge in [0.05, 0.1) is 15.6 Å². The average molecular weight is 603 g/mol. The van der Waals surface area contributed by atoms with Gasteiger partial charge in [-0.3, -0.25) is 19.6 Å². The maximum absolute atomic E-state index is 13.5. The van der Waals surface area contributed by atoms with Crippen LogP contribution in [-0.4, -0.2) is 88.4 Å². The summed E-state index contributed by atoms with van der Waals surface area (Å²) in [5.74, 6) is 0.622. The quantitative estimate of drug-likeness (QED) is 0.453. The number of piperazine rings is 1. The number of benzene rings is 1. The van der Waals surface area contributed by atoms with Crippen molar-refractivity contribution in [2.75, 3.05) is 56.5 Å². The number of carbonyl (C=O) groups is 1. The first kappa shape index (κ1) is 29.6. The topological polar surface area (TPSA) is 95.8 Å². The first-order valence-electron chi connectivity index (χ1n) is 13.9. The molecule has 2 aliphatic rings. The van der Waals surface area contributed by atoms with Gasteiger partial charge in [0.25, 0.3) is 5.56 Å². The van der Waals surface area contributed by atoms with E-state index < -0.39 is 11.7 Å². The standard InChI is InChI=1S/C29H37Cl2N7O3/c1-29(2,3)41-28(40)33-19-15-22(30)24(23(31)16-19)21-14-18-17-32-27(34-25(18)36(5)26(21)39)38-12-10-37(11-13-38)20-6-8-35(4)9-7-20/h14-17,20H,6-13H2,1-5H3,(H,33,40). The van der Waals surface area contributed by atoms with E-state index in [9.17, 15) is 9.59 Å². The van der Waals surface area contributed by atoms with Crippen molar-refractivity contribution in [1.29, 1.82) is 0 Å². The molecule has 0 spiro atoms. The summed E-state index contributed by atoms with van der Waals surface area (Å²) in [4.78, 5) is 42.3. The number of carbonyl (C=O) groups excluding carboxylic acids is 1. The summed E-state index contributed by atoms with van der Waals surface area (Å²) in [5.41, 5.74) is 0.654. The van der Waals surface area contributed by atoms with Crippen molar-refractivity contribution in [3.63, 3.8) is 0 Å². The van der Waals surface area contributed by atoms with Gasteiger partial charge in [-0.1, -0.05) is 23.2 Å². The van der Waals surface area contributed by atoms with Crippen molar-refractivity contribution in [2.24, 2.45) is 7.05 Å². The number of fused-ring (bicyclic) bond motifs is 1. The fourth-order valence-electron chi connectivity index (χ4n) is 5.54. The molecule has 41 heavy (non-hydrogen) atoms. The normalized spacial score (nSPS) is 17.7. The molecular weight excluding hydrogens is 565 g/mol. The molecule has 5 rings (SSSR count). The summed E-state index contributed by atoms with van der Waals surface area (Å²) in [6.07, 6.45) is 3.54. The number of rotatable bonds is 4. The largest absolute Gasteiger partial charge is 0.444 e. The summed E-state index contributed by atoms with van der Waals surface area (Å²) < 4.78 is 6.80. The Hall–Kier alpha value is -2.92. The first-order chi connectivity index (χ1) is 19.4. The zero-order chi connectivity index (χ0) is 29.5. The molecule has 2 fully saturated rings. The van der Waals surface area contributed by atoms with Crippen LogP contribution >= 0.6 is 23.2 Å². The molecule has 2 aliphatic heterocycles. The lowest BCUT2D eigenvalue weighted by Gasteiger charge is -2.42. The number of pyridine rings is 1. The van der Waals surface area contributed by atoms with Crippen molar-refractivity contribution < 1.29 is 9.53 Å². The summed E-state index contributed by atoms with van der Waals surface area (Å²) >= 11 is 13.2. The highest BCUT2D eigenvalue weighted by Crippen LogP contribution is 2.37. The second kappa shape index (κ2) is 11.8. The summed E-state index contributed by atoms with van der Waals surface area (Å²) in [6.45, 7) is 11.3. The zero-order valence-electron chi connectivity index (χ0n) is 24.2. The van der Waals surface area contributed by atoms with Crippen LogP contribution in [0.1, 0.15) is 33.6 Å². The molecule has 0 aliphatic carbocycles. The maximum Gasteiger partial charge on any atom is 0.412 e. The third-order valence-corrected chi connectivity index (χ3v) is 8.29. The van der Waals surface area contributed by atoms with E-state index >= 15 is 0 Å². The van der Waals surface area contributed by atoms with E-state index in [0.717, 1.165) is 39.3 Å². The molecule has 0 radical (unpaired) electrons. The number of halogens is 2. The van der Waals surface area contributed by atoms with Crippen LogP contribution in [0.4, 0.5) is 16.4 Å². The van der Waals surface area contributed by atoms with Gasteiger partial charge in [0.2, 0.25) is 5.95 Å². The number of anilines is 2. The summed E-state index contributed by atoms with van der Waals surface area (Å²) in [7, 11) is 3.87. The van der Waals surface area contributed by atoms with Crippen molar-refractivity contribution in [1.82, 2.24) is 24.3 Å². The maximum atomic E-state index is 13.5. The number of nitrogens with zero attached hydrogens (tertiary/aromatic N) is 6. The third-order valence-electron chi connectivity index (χ3n) is 7.69. The Morgan fingerprint density at radius 1 is 1.00 bits per heavy atom. The smallest absolute Gasteiger partial charge is 0.412 e. The van der Waals surface area contributed by atoms with Crippen molar-refractivity contribution in [2.45, 2.75) is 45.3 Å². The van der Waals surface area contributed by atoms with E-state index in [2.05, 4.69) is 32.0 Å². The van der Waals surface area contributed by atoms with Crippen LogP contribution in [-0.2, 0) is 11.8 Å². The van der Waals surface area contributed by atoms with Crippen LogP contribution in [0, 0.1) is 0 Å². The highest BCUT2D eigenvalue weighted by Gasteiger charge is 2.28. The molecule has 1 N–H and O–H groups in total. The Balaban J connectivity index is 1.36. The van der Waals surface area contributed by atoms with Crippen LogP contribution in [0.15, 0.2) is 29.2 Å². The molecule has 0 saturated carbocycles. The lowest BCUT2D eigenvalue weighted by Crippen LogP contribution is -2.53. The van der Waals surface area contributed by atoms with Gasteiger partial charge in [-0.05, 0) is 71.9 Å². The van der Waals surface area contributed by atoms with Crippen LogP contribution in [0.25, 0.3) is 22.2 Å². The number of piperidine rings is 1. The Kier molecular flexibility index (Phi) is 8.48. The van der Waals surface area contributed by atoms with Gasteiger partial charge >= 0.3 is 6.09 Å². The Morgan fingerprint density at radius 3 is 2.24 bits per heavy atom. The van der Waals surface area contributed by atoms with Crippen LogP contribution in [0.3, 0.4) is 0 Å². The highest BCUT2D eigenvalue weighted by molar-refractivity contribution is 6.39. The Morgan fingerprint density at radius 2 is 1.63 bits per heavy atom. The van der Waals surface area contributed by atoms with E-state index in [1.54, 1.807) is 52.2 Å². The van der Waals surface area contributed by atoms with Gasteiger partial charge in [0.15, 0.2) is 0 Å². The lowest BCUT2D eigenvalue weighted by atomic mass is 10.0. The Bertz CT molecular complexity index is 1480. The molecule has 220 valence electrons. The molecule has 0 unspecified atom stereocenters. The minimum absolute atomic E-state index is 0.222. The SMILES string of the molecule is CN1CCC(N2CCN(c3ncc4cc(-c5c(Cl)cc(NC(=O)OC(C)(C)C)cc5Cl)c(=O)n(C)c4n3)CC2)CC1. The number of hydrogen-bond acceptors (Lipinski definition) is 8. The number of likely N-dealkylation sites (tertiary alicyclic amines) is 1. The van der Waals surface area contributed by atoms with E-state index in [4.69, 9.17) is 32.9 Å². The lowest BCUT2D eigenvalue weighted by molar-refractivity contribution is 0.0636. The molecule has 4 heterocycles. The van der Waals surface area contributed by atoms with Crippen LogP contribution < -0.4 is 15.8 Å². The molecule has 12 heteroatoms. The summed E-state index contributed by atoms with van der Waals surface area (Å²) in [6, 6.07) is 5.45. The van der Waals surface area contributed by atoms with E-state index in [1.807, 2.05) is 0 Å². The van der Waals surface area contributed by atoms with Crippen molar-refractivity contribution in [3.8, 4) is 11.1 Å². The fraction of sp³-hybridized carbons (Fsp3) is 0.517. The van der Waals surface area contributed by atoms with Crippen molar-refractivity contribution in [3.05, 3.63) is 44.8 Å². The number of nitrogens with one attached hydrogen (secondary N) is 1. The van der Waals surface area contributed by atoms with Gasteiger partial charge in [-0.25, -0.2) is 9.78 Å². The molecule has 2 saturated heterocycles. The molecular formula is C29H37Cl2N7O3. The predicted octanol–water partition coefficient (Wildman–Crippen LogP) is 4.87. The van der Waals surface area contributed by atoms with Crippen molar-refractivity contribution >= 4 is 52.0 Å². The monoisotopic (exact) mass is 601 g/mol. The second-order valence-corrected chi connectivity index (χ2v) is 12.7. The number of aromatic nitrogens is 3. The molecule has 1 aromatic carbocycles. The second-order valence-electron chi connectivity index (χ2n) is 11.9. The number of amides is 1. The number of hydrogen-bond donors (Lipinski definition) is 1. The molecule has 0 atom stereocenters. The highest BCUT2D eigenvalue weighted by atomic mass is 35.5. The van der Waals surface area contributed by atoms with Gasteiger partial charge in [0.1, 0.15) is 11.2 Å². The van der Waals surface area contributed by atoms with E-state index in [0.29, 0.717) is 39.8 Å². The van der Waals surface area contributed by atoms with Crippen LogP contribution in [0.5, 0.6) is 0 Å². The van der Waals surface area contributed by atoms with Gasteiger partial charge in [-0.15, -0.1) is 0 Å². The van der Waals surface area contributed by atoms with Crippen LogP contribution in [0.2, 0.25) is 10.0 Å². The molecule has 1 amide bonds. The minimum Gasteiger partial charge on any atom is -0.444 e. The number of aryl methyl sites for hydroxylation is 1. The minimum atomic E-state index is -0.655. The van der Waals surface area contributed by atoms with Gasteiger partial charge < -0.3 is 14.5 Å². The molecule has 0 bridgehead atoms. The summed E-state index contributed by atoms with van der Waals surface area (Å²) in [5, 5.41) is 3.77. The third kappa shape index (κ3) is 6.61. The molecule has 2 aromatic heterocycles. The number of ether oxygens (including phenoxy) is 1. The predicted molar refractivity (Wildman–Crippen MR) is 164 cm³/mol. The average Bonchev–Trinajstić information content (AvgIpc) is 2.90. The Labute approximate surface area is 250 Å². The van der Waals surface area contributed by atoms with E-state index in [1.165, 1.54) is 17.4 Å². The molecule has 10 nitrogen and oxygen atoms in total. The fourth-order valence-corrected chi connectivity index (χ4v) is 6.23. The van der Waals surface area contributed by atoms with Gasteiger partial charge in [-0.2, -0.15) is 4.98 Å². The first-order valence-corrected chi connectivity index (χ1v) is 14.7. The van der Waals surface area contributed by atoms with Gasteiger partial charge in [0, 0.05) is 62.1 Å². The zero-order valence-corrected chi connectivity index (χ0v) is 25.7. The van der Waals surface area contributed by atoms with E-state index in [-0.39, 0.29) is 15.6 Å². The molecule has 3 aromatic rings.